The quantitative estimate of drug-likeness (QED) is 0.809. The number of hydrogen-bond acceptors (Lipinski definition) is 2. The predicted octanol–water partition coefficient (Wildman–Crippen LogP) is 2.76. The van der Waals surface area contributed by atoms with E-state index in [1.54, 1.807) is 0 Å². The maximum Gasteiger partial charge on any atom is 0.244 e. The molecule has 4 aliphatic rings. The first-order valence-corrected chi connectivity index (χ1v) is 8.68. The smallest absolute Gasteiger partial charge is 0.244 e. The lowest BCUT2D eigenvalue weighted by Crippen LogP contribution is -2.42. The number of hydrogen-bond donors (Lipinski definition) is 1. The summed E-state index contributed by atoms with van der Waals surface area (Å²) in [4.78, 5) is 15.0. The van der Waals surface area contributed by atoms with Crippen LogP contribution in [0.4, 0.5) is 0 Å². The first-order chi connectivity index (χ1) is 9.59. The van der Waals surface area contributed by atoms with Crippen molar-refractivity contribution in [1.82, 2.24) is 10.2 Å². The first kappa shape index (κ1) is 13.1. The van der Waals surface area contributed by atoms with E-state index in [2.05, 4.69) is 24.1 Å². The number of rotatable bonds is 6. The SMILES string of the molecule is CC(C)CC1NC2(CC2)C(=O)N1CC(C1CC1)C1CC1. The minimum atomic E-state index is -0.128. The van der Waals surface area contributed by atoms with E-state index in [4.69, 9.17) is 0 Å². The summed E-state index contributed by atoms with van der Waals surface area (Å²) in [5.41, 5.74) is -0.128. The summed E-state index contributed by atoms with van der Waals surface area (Å²) in [6.07, 6.45) is 9.20. The monoisotopic (exact) mass is 276 g/mol. The summed E-state index contributed by atoms with van der Waals surface area (Å²) in [6.45, 7) is 5.57. The van der Waals surface area contributed by atoms with Crippen molar-refractivity contribution in [2.75, 3.05) is 6.54 Å². The van der Waals surface area contributed by atoms with E-state index in [9.17, 15) is 4.79 Å². The summed E-state index contributed by atoms with van der Waals surface area (Å²) in [6, 6.07) is 0. The number of nitrogens with zero attached hydrogens (tertiary/aromatic N) is 1. The van der Waals surface area contributed by atoms with Gasteiger partial charge in [0.25, 0.3) is 0 Å². The van der Waals surface area contributed by atoms with Crippen LogP contribution in [0.5, 0.6) is 0 Å². The molecule has 3 heteroatoms. The molecule has 3 aliphatic carbocycles. The number of carbonyl (C=O) groups excluding carboxylic acids is 1. The van der Waals surface area contributed by atoms with Gasteiger partial charge < -0.3 is 4.90 Å². The van der Waals surface area contributed by atoms with Crippen LogP contribution in [0.3, 0.4) is 0 Å². The number of carbonyl (C=O) groups is 1. The third kappa shape index (κ3) is 2.28. The largest absolute Gasteiger partial charge is 0.325 e. The van der Waals surface area contributed by atoms with Crippen LogP contribution in [0.1, 0.15) is 58.8 Å². The minimum Gasteiger partial charge on any atom is -0.325 e. The molecule has 0 aromatic carbocycles. The molecule has 0 radical (unpaired) electrons. The highest BCUT2D eigenvalue weighted by Gasteiger charge is 2.59. The van der Waals surface area contributed by atoms with Crippen molar-refractivity contribution >= 4 is 5.91 Å². The van der Waals surface area contributed by atoms with Gasteiger partial charge in [-0.3, -0.25) is 10.1 Å². The molecule has 20 heavy (non-hydrogen) atoms. The van der Waals surface area contributed by atoms with Crippen molar-refractivity contribution in [3.05, 3.63) is 0 Å². The average molecular weight is 276 g/mol. The molecule has 1 unspecified atom stereocenters. The summed E-state index contributed by atoms with van der Waals surface area (Å²) in [7, 11) is 0. The molecule has 1 aliphatic heterocycles. The molecular formula is C17H28N2O. The molecular weight excluding hydrogens is 248 g/mol. The molecule has 0 bridgehead atoms. The highest BCUT2D eigenvalue weighted by atomic mass is 16.2. The van der Waals surface area contributed by atoms with Gasteiger partial charge >= 0.3 is 0 Å². The predicted molar refractivity (Wildman–Crippen MR) is 79.0 cm³/mol. The van der Waals surface area contributed by atoms with Gasteiger partial charge in [-0.2, -0.15) is 0 Å². The van der Waals surface area contributed by atoms with Gasteiger partial charge in [0.05, 0.1) is 11.7 Å². The fraction of sp³-hybridized carbons (Fsp3) is 0.941. The Morgan fingerprint density at radius 2 is 1.80 bits per heavy atom. The minimum absolute atomic E-state index is 0.128. The molecule has 1 spiro atoms. The van der Waals surface area contributed by atoms with E-state index in [1.807, 2.05) is 0 Å². The van der Waals surface area contributed by atoms with Crippen LogP contribution in [0.2, 0.25) is 0 Å². The van der Waals surface area contributed by atoms with Gasteiger partial charge in [0, 0.05) is 6.54 Å². The fourth-order valence-corrected chi connectivity index (χ4v) is 4.16. The van der Waals surface area contributed by atoms with Crippen LogP contribution in [0.25, 0.3) is 0 Å². The average Bonchev–Trinajstić information content (AvgIpc) is 3.22. The molecule has 3 nitrogen and oxygen atoms in total. The Balaban J connectivity index is 1.49. The van der Waals surface area contributed by atoms with Crippen LogP contribution in [0.15, 0.2) is 0 Å². The van der Waals surface area contributed by atoms with Crippen molar-refractivity contribution in [2.24, 2.45) is 23.7 Å². The van der Waals surface area contributed by atoms with Gasteiger partial charge in [0.15, 0.2) is 0 Å². The summed E-state index contributed by atoms with van der Waals surface area (Å²) in [5, 5.41) is 3.67. The molecule has 112 valence electrons. The molecule has 1 N–H and O–H groups in total. The van der Waals surface area contributed by atoms with E-state index in [-0.39, 0.29) is 5.54 Å². The molecule has 1 atom stereocenters. The van der Waals surface area contributed by atoms with E-state index >= 15 is 0 Å². The molecule has 3 saturated carbocycles. The second-order valence-electron chi connectivity index (χ2n) is 8.17. The third-order valence-electron chi connectivity index (χ3n) is 5.80. The molecule has 1 heterocycles. The van der Waals surface area contributed by atoms with Crippen LogP contribution in [0, 0.1) is 23.7 Å². The van der Waals surface area contributed by atoms with Gasteiger partial charge in [-0.1, -0.05) is 13.8 Å². The Labute approximate surface area is 122 Å². The standard InChI is InChI=1S/C17H28N2O/c1-11(2)9-15-18-17(7-8-17)16(20)19(15)10-14(12-3-4-12)13-5-6-13/h11-15,18H,3-10H2,1-2H3. The Morgan fingerprint density at radius 1 is 1.20 bits per heavy atom. The van der Waals surface area contributed by atoms with E-state index in [0.29, 0.717) is 18.0 Å². The van der Waals surface area contributed by atoms with Crippen molar-refractivity contribution < 1.29 is 4.79 Å². The second kappa shape index (κ2) is 4.46. The highest BCUT2D eigenvalue weighted by molar-refractivity contribution is 5.91. The zero-order valence-electron chi connectivity index (χ0n) is 12.9. The van der Waals surface area contributed by atoms with Crippen LogP contribution in [-0.4, -0.2) is 29.1 Å². The Bertz CT molecular complexity index is 395. The molecule has 0 aromatic heterocycles. The van der Waals surface area contributed by atoms with Gasteiger partial charge in [0.2, 0.25) is 5.91 Å². The first-order valence-electron chi connectivity index (χ1n) is 8.68. The zero-order valence-corrected chi connectivity index (χ0v) is 12.9. The lowest BCUT2D eigenvalue weighted by molar-refractivity contribution is -0.131. The lowest BCUT2D eigenvalue weighted by Gasteiger charge is -2.30. The van der Waals surface area contributed by atoms with Gasteiger partial charge in [-0.05, 0) is 68.6 Å². The van der Waals surface area contributed by atoms with Crippen LogP contribution in [-0.2, 0) is 4.79 Å². The lowest BCUT2D eigenvalue weighted by atomic mass is 9.96. The van der Waals surface area contributed by atoms with E-state index in [1.165, 1.54) is 25.7 Å². The fourth-order valence-electron chi connectivity index (χ4n) is 4.16. The summed E-state index contributed by atoms with van der Waals surface area (Å²) >= 11 is 0. The summed E-state index contributed by atoms with van der Waals surface area (Å²) in [5.74, 6) is 3.76. The highest BCUT2D eigenvalue weighted by Crippen LogP contribution is 2.51. The van der Waals surface area contributed by atoms with E-state index < -0.39 is 0 Å². The number of amides is 1. The maximum absolute atomic E-state index is 12.8. The molecule has 0 aromatic rings. The third-order valence-corrected chi connectivity index (χ3v) is 5.80. The molecule has 4 rings (SSSR count). The van der Waals surface area contributed by atoms with Crippen molar-refractivity contribution in [3.8, 4) is 0 Å². The van der Waals surface area contributed by atoms with Gasteiger partial charge in [-0.15, -0.1) is 0 Å². The zero-order chi connectivity index (χ0) is 13.9. The normalized spacial score (nSPS) is 31.9. The van der Waals surface area contributed by atoms with Crippen molar-refractivity contribution in [3.63, 3.8) is 0 Å². The molecule has 1 amide bonds. The maximum atomic E-state index is 12.8. The van der Waals surface area contributed by atoms with Crippen molar-refractivity contribution in [2.45, 2.75) is 70.5 Å². The topological polar surface area (TPSA) is 32.3 Å². The summed E-state index contributed by atoms with van der Waals surface area (Å²) < 4.78 is 0. The van der Waals surface area contributed by atoms with E-state index in [0.717, 1.165) is 43.6 Å². The van der Waals surface area contributed by atoms with Crippen LogP contribution < -0.4 is 5.32 Å². The molecule has 1 saturated heterocycles. The van der Waals surface area contributed by atoms with Gasteiger partial charge in [0.1, 0.15) is 0 Å². The molecule has 4 fully saturated rings. The van der Waals surface area contributed by atoms with Crippen LogP contribution >= 0.6 is 0 Å². The van der Waals surface area contributed by atoms with Crippen molar-refractivity contribution in [1.29, 1.82) is 0 Å². The Morgan fingerprint density at radius 3 is 2.25 bits per heavy atom. The second-order valence-corrected chi connectivity index (χ2v) is 8.17. The number of nitrogens with one attached hydrogen (secondary N) is 1. The Hall–Kier alpha value is -0.570. The Kier molecular flexibility index (Phi) is 2.93. The van der Waals surface area contributed by atoms with Gasteiger partial charge in [-0.25, -0.2) is 0 Å².